The van der Waals surface area contributed by atoms with Crippen LogP contribution in [0.25, 0.3) is 0 Å². The van der Waals surface area contributed by atoms with Gasteiger partial charge >= 0.3 is 0 Å². The molecule has 0 aliphatic heterocycles. The summed E-state index contributed by atoms with van der Waals surface area (Å²) in [6.45, 7) is 4.55. The standard InChI is InChI=1S/C17H27NO/c1-4-10-16(11-5-2)12-17(18,13-16)14-8-6-7-9-15(14)19-3/h6-9H,4-5,10-13,18H2,1-3H3. The van der Waals surface area contributed by atoms with E-state index in [1.165, 1.54) is 31.2 Å². The summed E-state index contributed by atoms with van der Waals surface area (Å²) in [7, 11) is 1.73. The highest BCUT2D eigenvalue weighted by molar-refractivity contribution is 5.41. The van der Waals surface area contributed by atoms with Crippen LogP contribution in [0.4, 0.5) is 0 Å². The molecule has 2 nitrogen and oxygen atoms in total. The minimum absolute atomic E-state index is 0.184. The van der Waals surface area contributed by atoms with Gasteiger partial charge in [-0.1, -0.05) is 44.9 Å². The van der Waals surface area contributed by atoms with Gasteiger partial charge in [-0.2, -0.15) is 0 Å². The van der Waals surface area contributed by atoms with Crippen molar-refractivity contribution in [3.05, 3.63) is 29.8 Å². The fraction of sp³-hybridized carbons (Fsp3) is 0.647. The average Bonchev–Trinajstić information content (AvgIpc) is 2.37. The molecular formula is C17H27NO. The van der Waals surface area contributed by atoms with E-state index in [4.69, 9.17) is 10.5 Å². The van der Waals surface area contributed by atoms with Gasteiger partial charge in [0.2, 0.25) is 0 Å². The highest BCUT2D eigenvalue weighted by atomic mass is 16.5. The van der Waals surface area contributed by atoms with Crippen LogP contribution < -0.4 is 10.5 Å². The van der Waals surface area contributed by atoms with Crippen LogP contribution in [0.15, 0.2) is 24.3 Å². The van der Waals surface area contributed by atoms with Crippen LogP contribution in [0.1, 0.15) is 57.9 Å². The molecule has 2 N–H and O–H groups in total. The summed E-state index contributed by atoms with van der Waals surface area (Å²) in [4.78, 5) is 0. The zero-order valence-corrected chi connectivity index (χ0v) is 12.5. The van der Waals surface area contributed by atoms with Crippen molar-refractivity contribution >= 4 is 0 Å². The van der Waals surface area contributed by atoms with Crippen molar-refractivity contribution in [3.63, 3.8) is 0 Å². The lowest BCUT2D eigenvalue weighted by Crippen LogP contribution is -2.55. The highest BCUT2D eigenvalue weighted by Crippen LogP contribution is 2.58. The Morgan fingerprint density at radius 2 is 1.68 bits per heavy atom. The first-order valence-corrected chi connectivity index (χ1v) is 7.51. The number of rotatable bonds is 6. The maximum absolute atomic E-state index is 6.66. The Kier molecular flexibility index (Phi) is 4.19. The molecule has 19 heavy (non-hydrogen) atoms. The molecule has 0 heterocycles. The summed E-state index contributed by atoms with van der Waals surface area (Å²) in [5.74, 6) is 0.937. The first-order chi connectivity index (χ1) is 9.09. The van der Waals surface area contributed by atoms with Crippen LogP contribution in [-0.2, 0) is 5.54 Å². The Morgan fingerprint density at radius 3 is 2.21 bits per heavy atom. The lowest BCUT2D eigenvalue weighted by Gasteiger charge is -2.55. The summed E-state index contributed by atoms with van der Waals surface area (Å²) in [6, 6.07) is 8.21. The van der Waals surface area contributed by atoms with E-state index >= 15 is 0 Å². The maximum Gasteiger partial charge on any atom is 0.123 e. The van der Waals surface area contributed by atoms with Gasteiger partial charge in [0.15, 0.2) is 0 Å². The topological polar surface area (TPSA) is 35.2 Å². The third-order valence-corrected chi connectivity index (χ3v) is 4.58. The Morgan fingerprint density at radius 1 is 1.11 bits per heavy atom. The summed E-state index contributed by atoms with van der Waals surface area (Å²) < 4.78 is 5.48. The number of nitrogens with two attached hydrogens (primary N) is 1. The Hall–Kier alpha value is -1.02. The molecule has 1 saturated carbocycles. The molecule has 106 valence electrons. The molecule has 0 radical (unpaired) electrons. The van der Waals surface area contributed by atoms with Crippen LogP contribution in [0.3, 0.4) is 0 Å². The smallest absolute Gasteiger partial charge is 0.123 e. The summed E-state index contributed by atoms with van der Waals surface area (Å²) >= 11 is 0. The van der Waals surface area contributed by atoms with E-state index in [2.05, 4.69) is 26.0 Å². The van der Waals surface area contributed by atoms with Gasteiger partial charge in [0.25, 0.3) is 0 Å². The number of para-hydroxylation sites is 1. The molecule has 0 bridgehead atoms. The lowest BCUT2D eigenvalue weighted by molar-refractivity contribution is 0.00499. The maximum atomic E-state index is 6.66. The Balaban J connectivity index is 2.19. The van der Waals surface area contributed by atoms with Gasteiger partial charge in [-0.3, -0.25) is 0 Å². The zero-order chi connectivity index (χ0) is 13.9. The minimum Gasteiger partial charge on any atom is -0.496 e. The van der Waals surface area contributed by atoms with E-state index in [0.29, 0.717) is 5.41 Å². The molecule has 0 atom stereocenters. The van der Waals surface area contributed by atoms with Gasteiger partial charge in [0, 0.05) is 11.1 Å². The molecule has 1 aromatic carbocycles. The lowest BCUT2D eigenvalue weighted by atomic mass is 9.52. The first kappa shape index (κ1) is 14.4. The minimum atomic E-state index is -0.184. The Bertz CT molecular complexity index is 413. The first-order valence-electron chi connectivity index (χ1n) is 7.51. The predicted octanol–water partition coefficient (Wildman–Crippen LogP) is 4.23. The van der Waals surface area contributed by atoms with Crippen LogP contribution in [0, 0.1) is 5.41 Å². The molecule has 1 aliphatic carbocycles. The van der Waals surface area contributed by atoms with Crippen LogP contribution in [-0.4, -0.2) is 7.11 Å². The van der Waals surface area contributed by atoms with Crippen molar-refractivity contribution in [1.82, 2.24) is 0 Å². The average molecular weight is 261 g/mol. The molecule has 0 unspecified atom stereocenters. The second kappa shape index (κ2) is 5.54. The molecule has 0 aromatic heterocycles. The number of hydrogen-bond donors (Lipinski definition) is 1. The summed E-state index contributed by atoms with van der Waals surface area (Å²) in [5, 5.41) is 0. The highest BCUT2D eigenvalue weighted by Gasteiger charge is 2.52. The largest absolute Gasteiger partial charge is 0.496 e. The zero-order valence-electron chi connectivity index (χ0n) is 12.5. The van der Waals surface area contributed by atoms with Gasteiger partial charge in [0.05, 0.1) is 7.11 Å². The van der Waals surface area contributed by atoms with Crippen molar-refractivity contribution in [2.24, 2.45) is 11.1 Å². The fourth-order valence-electron chi connectivity index (χ4n) is 4.07. The SMILES string of the molecule is CCCC1(CCC)CC(N)(c2ccccc2OC)C1. The van der Waals surface area contributed by atoms with Crippen LogP contribution in [0.2, 0.25) is 0 Å². The van der Waals surface area contributed by atoms with E-state index in [0.717, 1.165) is 18.6 Å². The van der Waals surface area contributed by atoms with Gasteiger partial charge in [-0.25, -0.2) is 0 Å². The number of methoxy groups -OCH3 is 1. The van der Waals surface area contributed by atoms with E-state index in [9.17, 15) is 0 Å². The van der Waals surface area contributed by atoms with E-state index < -0.39 is 0 Å². The molecule has 1 fully saturated rings. The molecule has 2 rings (SSSR count). The van der Waals surface area contributed by atoms with E-state index in [1.54, 1.807) is 7.11 Å². The number of benzene rings is 1. The van der Waals surface area contributed by atoms with Gasteiger partial charge in [0.1, 0.15) is 5.75 Å². The third-order valence-electron chi connectivity index (χ3n) is 4.58. The van der Waals surface area contributed by atoms with Gasteiger partial charge in [-0.05, 0) is 37.2 Å². The number of ether oxygens (including phenoxy) is 1. The van der Waals surface area contributed by atoms with Crippen molar-refractivity contribution in [2.45, 2.75) is 57.9 Å². The van der Waals surface area contributed by atoms with E-state index in [1.807, 2.05) is 12.1 Å². The molecule has 0 saturated heterocycles. The quantitative estimate of drug-likeness (QED) is 0.831. The van der Waals surface area contributed by atoms with Crippen LogP contribution >= 0.6 is 0 Å². The Labute approximate surface area is 117 Å². The molecule has 0 spiro atoms. The molecule has 1 aliphatic rings. The second-order valence-corrected chi connectivity index (χ2v) is 6.21. The van der Waals surface area contributed by atoms with Crippen molar-refractivity contribution in [2.75, 3.05) is 7.11 Å². The molecule has 0 amide bonds. The summed E-state index contributed by atoms with van der Waals surface area (Å²) in [5.41, 5.74) is 8.13. The third kappa shape index (κ3) is 2.64. The van der Waals surface area contributed by atoms with Crippen molar-refractivity contribution in [3.8, 4) is 5.75 Å². The van der Waals surface area contributed by atoms with E-state index in [-0.39, 0.29) is 5.54 Å². The van der Waals surface area contributed by atoms with Gasteiger partial charge < -0.3 is 10.5 Å². The summed E-state index contributed by atoms with van der Waals surface area (Å²) in [6.07, 6.45) is 7.30. The van der Waals surface area contributed by atoms with Crippen LogP contribution in [0.5, 0.6) is 5.75 Å². The van der Waals surface area contributed by atoms with Crippen molar-refractivity contribution < 1.29 is 4.74 Å². The fourth-order valence-corrected chi connectivity index (χ4v) is 4.07. The molecular weight excluding hydrogens is 234 g/mol. The normalized spacial score (nSPS) is 19.8. The predicted molar refractivity (Wildman–Crippen MR) is 80.3 cm³/mol. The van der Waals surface area contributed by atoms with Gasteiger partial charge in [-0.15, -0.1) is 0 Å². The monoisotopic (exact) mass is 261 g/mol. The molecule has 1 aromatic rings. The second-order valence-electron chi connectivity index (χ2n) is 6.21. The molecule has 2 heteroatoms. The van der Waals surface area contributed by atoms with Crippen molar-refractivity contribution in [1.29, 1.82) is 0 Å². The number of hydrogen-bond acceptors (Lipinski definition) is 2.